The van der Waals surface area contributed by atoms with E-state index in [0.717, 1.165) is 24.7 Å². The summed E-state index contributed by atoms with van der Waals surface area (Å²) in [6.07, 6.45) is 3.53. The minimum absolute atomic E-state index is 0.440. The molecule has 2 rings (SSSR count). The molecule has 0 saturated carbocycles. The zero-order valence-electron chi connectivity index (χ0n) is 12.0. The van der Waals surface area contributed by atoms with E-state index in [1.165, 1.54) is 24.2 Å². The number of hydrogen-bond acceptors (Lipinski definition) is 3. The van der Waals surface area contributed by atoms with Crippen molar-refractivity contribution in [1.29, 1.82) is 0 Å². The van der Waals surface area contributed by atoms with E-state index in [2.05, 4.69) is 49.5 Å². The molecule has 1 aromatic rings. The number of benzene rings is 1. The molecule has 3 heteroatoms. The summed E-state index contributed by atoms with van der Waals surface area (Å²) >= 11 is 1.89. The van der Waals surface area contributed by atoms with Gasteiger partial charge in [-0.05, 0) is 30.2 Å². The fourth-order valence-corrected chi connectivity index (χ4v) is 3.60. The Morgan fingerprint density at radius 3 is 2.53 bits per heavy atom. The Morgan fingerprint density at radius 1 is 1.21 bits per heavy atom. The molecular weight excluding hydrogens is 252 g/mol. The largest absolute Gasteiger partial charge is 0.365 e. The average Bonchev–Trinajstić information content (AvgIpc) is 2.49. The van der Waals surface area contributed by atoms with Gasteiger partial charge in [0.05, 0.1) is 0 Å². The summed E-state index contributed by atoms with van der Waals surface area (Å²) in [6.45, 7) is 6.53. The van der Waals surface area contributed by atoms with E-state index in [1.54, 1.807) is 0 Å². The number of amidine groups is 1. The van der Waals surface area contributed by atoms with Crippen LogP contribution in [-0.4, -0.2) is 24.0 Å². The van der Waals surface area contributed by atoms with Crippen molar-refractivity contribution in [1.82, 2.24) is 5.32 Å². The summed E-state index contributed by atoms with van der Waals surface area (Å²) < 4.78 is 0. The zero-order chi connectivity index (χ0) is 13.6. The van der Waals surface area contributed by atoms with E-state index in [4.69, 9.17) is 4.99 Å². The van der Waals surface area contributed by atoms with Gasteiger partial charge in [0.1, 0.15) is 0 Å². The van der Waals surface area contributed by atoms with Crippen LogP contribution in [0.15, 0.2) is 35.3 Å². The first-order valence-electron chi connectivity index (χ1n) is 7.23. The van der Waals surface area contributed by atoms with Gasteiger partial charge in [0.25, 0.3) is 0 Å². The van der Waals surface area contributed by atoms with Crippen LogP contribution >= 0.6 is 11.8 Å². The molecule has 0 unspecified atom stereocenters. The Bertz CT molecular complexity index is 410. The van der Waals surface area contributed by atoms with Crippen molar-refractivity contribution < 1.29 is 0 Å². The normalized spacial score (nSPS) is 17.9. The van der Waals surface area contributed by atoms with Gasteiger partial charge < -0.3 is 5.32 Å². The average molecular weight is 276 g/mol. The van der Waals surface area contributed by atoms with E-state index >= 15 is 0 Å². The molecule has 2 nitrogen and oxygen atoms in total. The van der Waals surface area contributed by atoms with Gasteiger partial charge in [-0.3, -0.25) is 4.99 Å². The second kappa shape index (κ2) is 6.99. The van der Waals surface area contributed by atoms with Crippen molar-refractivity contribution in [3.8, 4) is 0 Å². The smallest absolute Gasteiger partial charge is 0.156 e. The van der Waals surface area contributed by atoms with Gasteiger partial charge >= 0.3 is 0 Å². The summed E-state index contributed by atoms with van der Waals surface area (Å²) in [4.78, 5) is 4.72. The van der Waals surface area contributed by atoms with Crippen LogP contribution in [0.3, 0.4) is 0 Å². The summed E-state index contributed by atoms with van der Waals surface area (Å²) in [5, 5.41) is 4.60. The Hall–Kier alpha value is -0.960. The van der Waals surface area contributed by atoms with Gasteiger partial charge in [-0.2, -0.15) is 0 Å². The molecule has 0 aromatic heterocycles. The third kappa shape index (κ3) is 4.00. The summed E-state index contributed by atoms with van der Waals surface area (Å²) in [5.41, 5.74) is 1.82. The monoisotopic (exact) mass is 276 g/mol. The summed E-state index contributed by atoms with van der Waals surface area (Å²) in [6, 6.07) is 10.6. The fraction of sp³-hybridized carbons (Fsp3) is 0.562. The first-order chi connectivity index (χ1) is 9.28. The Morgan fingerprint density at radius 2 is 1.95 bits per heavy atom. The van der Waals surface area contributed by atoms with Gasteiger partial charge in [-0.25, -0.2) is 0 Å². The first kappa shape index (κ1) is 14.4. The maximum absolute atomic E-state index is 4.72. The van der Waals surface area contributed by atoms with E-state index in [-0.39, 0.29) is 0 Å². The quantitative estimate of drug-likeness (QED) is 0.886. The number of nitrogens with one attached hydrogen (secondary N) is 1. The molecule has 0 saturated heterocycles. The molecular formula is C16H24N2S. The van der Waals surface area contributed by atoms with Crippen molar-refractivity contribution >= 4 is 16.9 Å². The second-order valence-electron chi connectivity index (χ2n) is 5.28. The second-order valence-corrected chi connectivity index (χ2v) is 6.24. The zero-order valence-corrected chi connectivity index (χ0v) is 12.8. The van der Waals surface area contributed by atoms with Crippen LogP contribution in [0.5, 0.6) is 0 Å². The highest BCUT2D eigenvalue weighted by Gasteiger charge is 2.29. The van der Waals surface area contributed by atoms with Gasteiger partial charge in [0.15, 0.2) is 5.17 Å². The molecule has 104 valence electrons. The molecule has 1 aliphatic rings. The van der Waals surface area contributed by atoms with Gasteiger partial charge in [-0.1, -0.05) is 55.9 Å². The molecule has 0 aliphatic carbocycles. The molecule has 1 aromatic carbocycles. The molecule has 1 heterocycles. The highest BCUT2D eigenvalue weighted by atomic mass is 32.2. The minimum atomic E-state index is 0.440. The number of nitrogens with zero attached hydrogens (tertiary/aromatic N) is 1. The molecule has 0 radical (unpaired) electrons. The molecule has 0 atom stereocenters. The molecule has 19 heavy (non-hydrogen) atoms. The van der Waals surface area contributed by atoms with Crippen molar-refractivity contribution in [2.75, 3.05) is 18.8 Å². The lowest BCUT2D eigenvalue weighted by Gasteiger charge is -2.33. The van der Waals surface area contributed by atoms with Gasteiger partial charge in [-0.15, -0.1) is 0 Å². The predicted octanol–water partition coefficient (Wildman–Crippen LogP) is 3.73. The highest BCUT2D eigenvalue weighted by molar-refractivity contribution is 8.13. The molecule has 0 amide bonds. The fourth-order valence-electron chi connectivity index (χ4n) is 2.30. The summed E-state index contributed by atoms with van der Waals surface area (Å²) in [5.74, 6) is 1.21. The standard InChI is InChI=1S/C16H24N2S/c1-3-16(4-2)12-18-15(19-13-16)17-11-10-14-8-6-5-7-9-14/h5-9H,3-4,10-13H2,1-2H3,(H,17,18). The van der Waals surface area contributed by atoms with Crippen LogP contribution in [0.4, 0.5) is 0 Å². The predicted molar refractivity (Wildman–Crippen MR) is 85.9 cm³/mol. The van der Waals surface area contributed by atoms with Gasteiger partial charge in [0, 0.05) is 18.8 Å². The molecule has 0 fully saturated rings. The number of aliphatic imine (C=N–C) groups is 1. The van der Waals surface area contributed by atoms with Gasteiger partial charge in [0.2, 0.25) is 0 Å². The van der Waals surface area contributed by atoms with Crippen LogP contribution in [0.2, 0.25) is 0 Å². The lowest BCUT2D eigenvalue weighted by Crippen LogP contribution is -2.35. The number of rotatable bonds is 5. The Balaban J connectivity index is 1.77. The van der Waals surface area contributed by atoms with E-state index in [9.17, 15) is 0 Å². The Labute approximate surface area is 121 Å². The lowest BCUT2D eigenvalue weighted by atomic mass is 9.84. The molecule has 0 bridgehead atoms. The maximum Gasteiger partial charge on any atom is 0.156 e. The van der Waals surface area contributed by atoms with E-state index in [0.29, 0.717) is 5.41 Å². The van der Waals surface area contributed by atoms with Crippen LogP contribution in [0.1, 0.15) is 32.3 Å². The SMILES string of the molecule is CCC1(CC)CN=C(NCCc2ccccc2)SC1. The molecule has 1 aliphatic heterocycles. The van der Waals surface area contributed by atoms with Crippen LogP contribution in [0, 0.1) is 5.41 Å². The van der Waals surface area contributed by atoms with E-state index in [1.807, 2.05) is 11.8 Å². The van der Waals surface area contributed by atoms with Crippen molar-refractivity contribution in [2.24, 2.45) is 10.4 Å². The third-order valence-electron chi connectivity index (χ3n) is 4.11. The highest BCUT2D eigenvalue weighted by Crippen LogP contribution is 2.34. The molecule has 0 spiro atoms. The number of thioether (sulfide) groups is 1. The van der Waals surface area contributed by atoms with Crippen LogP contribution in [0.25, 0.3) is 0 Å². The minimum Gasteiger partial charge on any atom is -0.365 e. The number of hydrogen-bond donors (Lipinski definition) is 1. The van der Waals surface area contributed by atoms with E-state index < -0.39 is 0 Å². The van der Waals surface area contributed by atoms with Crippen LogP contribution < -0.4 is 5.32 Å². The molecule has 1 N–H and O–H groups in total. The van der Waals surface area contributed by atoms with Crippen molar-refractivity contribution in [3.05, 3.63) is 35.9 Å². The summed E-state index contributed by atoms with van der Waals surface area (Å²) in [7, 11) is 0. The third-order valence-corrected chi connectivity index (χ3v) is 5.41. The Kier molecular flexibility index (Phi) is 5.32. The van der Waals surface area contributed by atoms with Crippen LogP contribution in [-0.2, 0) is 6.42 Å². The lowest BCUT2D eigenvalue weighted by molar-refractivity contribution is 0.318. The maximum atomic E-state index is 4.72. The topological polar surface area (TPSA) is 24.4 Å². The first-order valence-corrected chi connectivity index (χ1v) is 8.21. The van der Waals surface area contributed by atoms with Crippen molar-refractivity contribution in [3.63, 3.8) is 0 Å². The van der Waals surface area contributed by atoms with Crippen molar-refractivity contribution in [2.45, 2.75) is 33.1 Å².